The van der Waals surface area contributed by atoms with E-state index in [0.717, 1.165) is 11.3 Å². The summed E-state index contributed by atoms with van der Waals surface area (Å²) in [5.41, 5.74) is 0.682. The Balaban J connectivity index is 2.34. The van der Waals surface area contributed by atoms with Gasteiger partial charge in [0.1, 0.15) is 0 Å². The zero-order valence-corrected chi connectivity index (χ0v) is 11.5. The lowest BCUT2D eigenvalue weighted by atomic mass is 10.2. The van der Waals surface area contributed by atoms with E-state index in [4.69, 9.17) is 5.11 Å². The number of fused-ring (bicyclic) bond motifs is 1. The maximum Gasteiger partial charge on any atom is 0.335 e. The molecule has 0 bridgehead atoms. The quantitative estimate of drug-likeness (QED) is 0.770. The summed E-state index contributed by atoms with van der Waals surface area (Å²) >= 11 is 1.08. The predicted molar refractivity (Wildman–Crippen MR) is 72.8 cm³/mol. The average Bonchev–Trinajstić information content (AvgIpc) is 2.68. The zero-order chi connectivity index (χ0) is 14.0. The van der Waals surface area contributed by atoms with Gasteiger partial charge in [0.05, 0.1) is 15.8 Å². The van der Waals surface area contributed by atoms with E-state index in [1.165, 1.54) is 12.1 Å². The largest absolute Gasteiger partial charge is 0.478 e. The number of hydrogen-bond donors (Lipinski definition) is 3. The van der Waals surface area contributed by atoms with E-state index in [2.05, 4.69) is 14.4 Å². The number of rotatable bonds is 5. The van der Waals surface area contributed by atoms with Crippen molar-refractivity contribution < 1.29 is 18.3 Å². The number of hydrogen-bond acceptors (Lipinski definition) is 5. The lowest BCUT2D eigenvalue weighted by Crippen LogP contribution is -2.29. The van der Waals surface area contributed by atoms with Crippen molar-refractivity contribution in [1.29, 1.82) is 0 Å². The van der Waals surface area contributed by atoms with Gasteiger partial charge in [-0.1, -0.05) is 18.3 Å². The Morgan fingerprint density at radius 1 is 1.47 bits per heavy atom. The standard InChI is InChI=1S/C10H11N3O4S2/c1-2-11-19(16,17)13-10-12-7-4-3-6(9(14)15)5-8(7)18-10/h3-5,11H,2H2,1H3,(H,12,13)(H,14,15). The third kappa shape index (κ3) is 3.19. The summed E-state index contributed by atoms with van der Waals surface area (Å²) < 4.78 is 28.2. The highest BCUT2D eigenvalue weighted by Gasteiger charge is 2.13. The second-order valence-electron chi connectivity index (χ2n) is 3.61. The summed E-state index contributed by atoms with van der Waals surface area (Å²) in [6.45, 7) is 1.93. The minimum atomic E-state index is -3.63. The van der Waals surface area contributed by atoms with Gasteiger partial charge in [0.25, 0.3) is 0 Å². The molecule has 7 nitrogen and oxygen atoms in total. The topological polar surface area (TPSA) is 108 Å². The monoisotopic (exact) mass is 301 g/mol. The first-order valence-corrected chi connectivity index (χ1v) is 7.62. The van der Waals surface area contributed by atoms with E-state index in [1.54, 1.807) is 13.0 Å². The fourth-order valence-corrected chi connectivity index (χ4v) is 3.42. The molecule has 0 saturated heterocycles. The summed E-state index contributed by atoms with van der Waals surface area (Å²) in [7, 11) is -3.63. The molecule has 19 heavy (non-hydrogen) atoms. The van der Waals surface area contributed by atoms with Crippen molar-refractivity contribution in [2.75, 3.05) is 11.3 Å². The first-order valence-electron chi connectivity index (χ1n) is 5.32. The predicted octanol–water partition coefficient (Wildman–Crippen LogP) is 1.26. The van der Waals surface area contributed by atoms with E-state index < -0.39 is 16.2 Å². The molecule has 0 aliphatic heterocycles. The van der Waals surface area contributed by atoms with Gasteiger partial charge < -0.3 is 5.11 Å². The van der Waals surface area contributed by atoms with Gasteiger partial charge in [-0.15, -0.1) is 0 Å². The first kappa shape index (κ1) is 13.7. The van der Waals surface area contributed by atoms with Crippen LogP contribution in [0.3, 0.4) is 0 Å². The van der Waals surface area contributed by atoms with Crippen molar-refractivity contribution >= 4 is 42.9 Å². The van der Waals surface area contributed by atoms with Crippen molar-refractivity contribution in [2.45, 2.75) is 6.92 Å². The lowest BCUT2D eigenvalue weighted by Gasteiger charge is -2.03. The van der Waals surface area contributed by atoms with Crippen LogP contribution in [0.2, 0.25) is 0 Å². The smallest absolute Gasteiger partial charge is 0.335 e. The molecule has 2 rings (SSSR count). The Morgan fingerprint density at radius 2 is 2.21 bits per heavy atom. The molecule has 0 spiro atoms. The molecular formula is C10H11N3O4S2. The van der Waals surface area contributed by atoms with Gasteiger partial charge in [-0.3, -0.25) is 0 Å². The van der Waals surface area contributed by atoms with E-state index in [-0.39, 0.29) is 17.2 Å². The second kappa shape index (κ2) is 5.11. The van der Waals surface area contributed by atoms with Crippen molar-refractivity contribution in [1.82, 2.24) is 9.71 Å². The third-order valence-electron chi connectivity index (χ3n) is 2.19. The molecule has 0 atom stereocenters. The van der Waals surface area contributed by atoms with Gasteiger partial charge in [0.2, 0.25) is 0 Å². The van der Waals surface area contributed by atoms with E-state index in [0.29, 0.717) is 10.2 Å². The molecule has 0 aliphatic rings. The van der Waals surface area contributed by atoms with Crippen LogP contribution in [0, 0.1) is 0 Å². The van der Waals surface area contributed by atoms with Gasteiger partial charge in [-0.2, -0.15) is 13.1 Å². The second-order valence-corrected chi connectivity index (χ2v) is 6.14. The Bertz CT molecular complexity index is 723. The number of nitrogens with zero attached hydrogens (tertiary/aromatic N) is 1. The highest BCUT2D eigenvalue weighted by atomic mass is 32.2. The average molecular weight is 301 g/mol. The van der Waals surface area contributed by atoms with Gasteiger partial charge in [-0.05, 0) is 18.2 Å². The van der Waals surface area contributed by atoms with Gasteiger partial charge >= 0.3 is 16.2 Å². The van der Waals surface area contributed by atoms with Crippen molar-refractivity contribution in [3.05, 3.63) is 23.8 Å². The van der Waals surface area contributed by atoms with Crippen molar-refractivity contribution in [3.8, 4) is 0 Å². The minimum Gasteiger partial charge on any atom is -0.478 e. The van der Waals surface area contributed by atoms with E-state index in [1.807, 2.05) is 0 Å². The number of benzene rings is 1. The van der Waals surface area contributed by atoms with Crippen LogP contribution in [-0.4, -0.2) is 31.0 Å². The molecule has 1 aromatic carbocycles. The first-order chi connectivity index (χ1) is 8.91. The maximum absolute atomic E-state index is 11.5. The molecule has 0 radical (unpaired) electrons. The summed E-state index contributed by atoms with van der Waals surface area (Å²) in [5, 5.41) is 9.06. The Labute approximate surface area is 113 Å². The highest BCUT2D eigenvalue weighted by molar-refractivity contribution is 7.91. The minimum absolute atomic E-state index is 0.136. The van der Waals surface area contributed by atoms with Crippen LogP contribution in [0.15, 0.2) is 18.2 Å². The number of aromatic nitrogens is 1. The Kier molecular flexibility index (Phi) is 3.69. The van der Waals surface area contributed by atoms with Crippen LogP contribution >= 0.6 is 11.3 Å². The molecule has 102 valence electrons. The van der Waals surface area contributed by atoms with Crippen LogP contribution in [0.1, 0.15) is 17.3 Å². The van der Waals surface area contributed by atoms with Crippen molar-refractivity contribution in [3.63, 3.8) is 0 Å². The number of thiazole rings is 1. The molecular weight excluding hydrogens is 290 g/mol. The van der Waals surface area contributed by atoms with Crippen LogP contribution in [0.5, 0.6) is 0 Å². The van der Waals surface area contributed by atoms with Crippen LogP contribution in [0.25, 0.3) is 10.2 Å². The number of aromatic carboxylic acids is 1. The summed E-state index contributed by atoms with van der Waals surface area (Å²) in [6, 6.07) is 4.42. The van der Waals surface area contributed by atoms with Gasteiger partial charge in [-0.25, -0.2) is 14.5 Å². The fourth-order valence-electron chi connectivity index (χ4n) is 1.44. The number of carboxylic acid groups (broad SMARTS) is 1. The van der Waals surface area contributed by atoms with Crippen LogP contribution in [-0.2, 0) is 10.2 Å². The molecule has 0 amide bonds. The van der Waals surface area contributed by atoms with E-state index >= 15 is 0 Å². The summed E-state index contributed by atoms with van der Waals surface area (Å²) in [6.07, 6.45) is 0. The van der Waals surface area contributed by atoms with Crippen molar-refractivity contribution in [2.24, 2.45) is 0 Å². The van der Waals surface area contributed by atoms with Gasteiger partial charge in [0, 0.05) is 6.54 Å². The number of anilines is 1. The highest BCUT2D eigenvalue weighted by Crippen LogP contribution is 2.27. The Morgan fingerprint density at radius 3 is 2.84 bits per heavy atom. The molecule has 0 aliphatic carbocycles. The molecule has 2 aromatic rings. The van der Waals surface area contributed by atoms with E-state index in [9.17, 15) is 13.2 Å². The normalized spacial score (nSPS) is 11.6. The summed E-state index contributed by atoms with van der Waals surface area (Å²) in [5.74, 6) is -1.04. The fraction of sp³-hybridized carbons (Fsp3) is 0.200. The number of carboxylic acids is 1. The third-order valence-corrected chi connectivity index (χ3v) is 4.39. The number of nitrogens with one attached hydrogen (secondary N) is 2. The number of carbonyl (C=O) groups is 1. The lowest BCUT2D eigenvalue weighted by molar-refractivity contribution is 0.0697. The molecule has 0 fully saturated rings. The molecule has 1 heterocycles. The molecule has 0 unspecified atom stereocenters. The van der Waals surface area contributed by atoms with Crippen LogP contribution < -0.4 is 9.44 Å². The van der Waals surface area contributed by atoms with Crippen LogP contribution in [0.4, 0.5) is 5.13 Å². The summed E-state index contributed by atoms with van der Waals surface area (Å²) in [4.78, 5) is 14.9. The molecule has 1 aromatic heterocycles. The molecule has 0 saturated carbocycles. The van der Waals surface area contributed by atoms with Gasteiger partial charge in [0.15, 0.2) is 5.13 Å². The Hall–Kier alpha value is -1.71. The maximum atomic E-state index is 11.5. The SMILES string of the molecule is CCNS(=O)(=O)Nc1nc2ccc(C(=O)O)cc2s1. The zero-order valence-electron chi connectivity index (χ0n) is 9.87. The molecule has 3 N–H and O–H groups in total. The molecule has 9 heteroatoms.